The second-order valence-electron chi connectivity index (χ2n) is 9.91. The van der Waals surface area contributed by atoms with Gasteiger partial charge < -0.3 is 9.47 Å². The number of rotatable bonds is 6. The maximum atomic E-state index is 14.2. The number of benzene rings is 2. The van der Waals surface area contributed by atoms with Gasteiger partial charge in [-0.25, -0.2) is 4.39 Å². The highest BCUT2D eigenvalue weighted by atomic mass is 19.1. The van der Waals surface area contributed by atoms with E-state index < -0.39 is 0 Å². The summed E-state index contributed by atoms with van der Waals surface area (Å²) >= 11 is 0. The quantitative estimate of drug-likeness (QED) is 0.395. The molecule has 2 aliphatic carbocycles. The molecule has 3 aromatic rings. The maximum absolute atomic E-state index is 14.2. The van der Waals surface area contributed by atoms with Gasteiger partial charge >= 0.3 is 0 Å². The fourth-order valence-electron chi connectivity index (χ4n) is 6.00. The summed E-state index contributed by atoms with van der Waals surface area (Å²) in [5.74, 6) is 0.000688. The average Bonchev–Trinajstić information content (AvgIpc) is 3.24. The van der Waals surface area contributed by atoms with Gasteiger partial charge in [-0.3, -0.25) is 4.79 Å². The van der Waals surface area contributed by atoms with Gasteiger partial charge in [-0.05, 0) is 61.9 Å². The summed E-state index contributed by atoms with van der Waals surface area (Å²) < 4.78 is 15.6. The topological polar surface area (TPSA) is 25.2 Å². The highest BCUT2D eigenvalue weighted by molar-refractivity contribution is 5.99. The number of carbonyl (C=O) groups is 1. The number of aryl methyl sites for hydroxylation is 2. The molecule has 3 nitrogen and oxygen atoms in total. The van der Waals surface area contributed by atoms with Crippen LogP contribution >= 0.6 is 0 Å². The van der Waals surface area contributed by atoms with Crippen LogP contribution in [0.25, 0.3) is 10.9 Å². The van der Waals surface area contributed by atoms with Crippen LogP contribution in [0.5, 0.6) is 0 Å². The molecular weight excluding hydrogens is 411 g/mol. The highest BCUT2D eigenvalue weighted by Crippen LogP contribution is 2.33. The van der Waals surface area contributed by atoms with E-state index in [9.17, 15) is 9.18 Å². The molecule has 4 heteroatoms. The van der Waals surface area contributed by atoms with Gasteiger partial charge in [0.05, 0.1) is 0 Å². The van der Waals surface area contributed by atoms with Crippen LogP contribution in [-0.4, -0.2) is 27.5 Å². The summed E-state index contributed by atoms with van der Waals surface area (Å²) in [6.07, 6.45) is 12.8. The number of fused-ring (bicyclic) bond motifs is 1. The van der Waals surface area contributed by atoms with E-state index in [0.29, 0.717) is 18.6 Å². The SMILES string of the molecule is O=C(c1cc2ccccc2n1CCc1ccc(F)cc1)N(C1CCCCC1)C1CCCCC1. The normalized spacial score (nSPS) is 18.0. The van der Waals surface area contributed by atoms with Gasteiger partial charge in [0.1, 0.15) is 11.5 Å². The van der Waals surface area contributed by atoms with Crippen molar-refractivity contribution >= 4 is 16.8 Å². The highest BCUT2D eigenvalue weighted by Gasteiger charge is 2.34. The largest absolute Gasteiger partial charge is 0.336 e. The third-order valence-electron chi connectivity index (χ3n) is 7.74. The molecule has 1 aromatic heterocycles. The molecule has 5 rings (SSSR count). The fourth-order valence-corrected chi connectivity index (χ4v) is 6.00. The van der Waals surface area contributed by atoms with Crippen molar-refractivity contribution in [1.29, 1.82) is 0 Å². The lowest BCUT2D eigenvalue weighted by Gasteiger charge is -2.42. The molecule has 1 amide bonds. The molecule has 174 valence electrons. The van der Waals surface area contributed by atoms with Crippen molar-refractivity contribution in [2.45, 2.75) is 89.3 Å². The lowest BCUT2D eigenvalue weighted by Crippen LogP contribution is -2.49. The molecule has 1 heterocycles. The Morgan fingerprint density at radius 3 is 2.09 bits per heavy atom. The Morgan fingerprint density at radius 1 is 0.848 bits per heavy atom. The lowest BCUT2D eigenvalue weighted by molar-refractivity contribution is 0.0438. The van der Waals surface area contributed by atoms with Crippen molar-refractivity contribution in [3.8, 4) is 0 Å². The number of halogens is 1. The van der Waals surface area contributed by atoms with Crippen molar-refractivity contribution in [2.24, 2.45) is 0 Å². The molecule has 2 fully saturated rings. The summed E-state index contributed by atoms with van der Waals surface area (Å²) in [4.78, 5) is 16.6. The molecule has 0 radical (unpaired) electrons. The van der Waals surface area contributed by atoms with E-state index in [1.165, 1.54) is 50.7 Å². The van der Waals surface area contributed by atoms with Crippen LogP contribution in [0.4, 0.5) is 4.39 Å². The zero-order valence-electron chi connectivity index (χ0n) is 19.5. The summed E-state index contributed by atoms with van der Waals surface area (Å²) in [5, 5.41) is 1.12. The Kier molecular flexibility index (Phi) is 6.80. The van der Waals surface area contributed by atoms with Gasteiger partial charge in [0.25, 0.3) is 5.91 Å². The Bertz CT molecular complexity index is 1060. The molecule has 0 atom stereocenters. The number of hydrogen-bond acceptors (Lipinski definition) is 1. The smallest absolute Gasteiger partial charge is 0.271 e. The molecule has 2 saturated carbocycles. The van der Waals surface area contributed by atoms with E-state index in [-0.39, 0.29) is 11.7 Å². The van der Waals surface area contributed by atoms with E-state index >= 15 is 0 Å². The average molecular weight is 447 g/mol. The minimum Gasteiger partial charge on any atom is -0.336 e. The van der Waals surface area contributed by atoms with Gasteiger partial charge in [0.2, 0.25) is 0 Å². The first kappa shape index (κ1) is 22.2. The number of amides is 1. The minimum absolute atomic E-state index is 0.211. The van der Waals surface area contributed by atoms with Crippen LogP contribution in [0, 0.1) is 5.82 Å². The first-order valence-electron chi connectivity index (χ1n) is 12.9. The zero-order chi connectivity index (χ0) is 22.6. The third kappa shape index (κ3) is 4.85. The van der Waals surface area contributed by atoms with Gasteiger partial charge in [-0.1, -0.05) is 68.9 Å². The van der Waals surface area contributed by atoms with Crippen molar-refractivity contribution in [3.63, 3.8) is 0 Å². The number of aromatic nitrogens is 1. The Balaban J connectivity index is 1.48. The van der Waals surface area contributed by atoms with E-state index in [1.54, 1.807) is 0 Å². The fraction of sp³-hybridized carbons (Fsp3) is 0.483. The standard InChI is InChI=1S/C29H35FN2O/c30-24-17-15-22(16-18-24)19-20-31-27-14-8-7-9-23(27)21-28(31)29(33)32(25-10-3-1-4-11-25)26-12-5-2-6-13-26/h7-9,14-18,21,25-26H,1-6,10-13,19-20H2. The molecule has 33 heavy (non-hydrogen) atoms. The number of carbonyl (C=O) groups excluding carboxylic acids is 1. The molecule has 0 spiro atoms. The van der Waals surface area contributed by atoms with Crippen LogP contribution in [0.1, 0.15) is 80.3 Å². The Morgan fingerprint density at radius 2 is 1.45 bits per heavy atom. The van der Waals surface area contributed by atoms with Crippen LogP contribution < -0.4 is 0 Å². The van der Waals surface area contributed by atoms with E-state index in [4.69, 9.17) is 0 Å². The first-order valence-corrected chi connectivity index (χ1v) is 12.9. The number of nitrogens with zero attached hydrogens (tertiary/aromatic N) is 2. The molecule has 2 aromatic carbocycles. The van der Waals surface area contributed by atoms with Crippen molar-refractivity contribution < 1.29 is 9.18 Å². The van der Waals surface area contributed by atoms with Gasteiger partial charge in [0, 0.05) is 29.5 Å². The summed E-state index contributed by atoms with van der Waals surface area (Å²) in [6.45, 7) is 0.712. The molecule has 2 aliphatic rings. The third-order valence-corrected chi connectivity index (χ3v) is 7.74. The van der Waals surface area contributed by atoms with Crippen LogP contribution in [0.2, 0.25) is 0 Å². The predicted octanol–water partition coefficient (Wildman–Crippen LogP) is 7.13. The molecular formula is C29H35FN2O. The van der Waals surface area contributed by atoms with Crippen molar-refractivity contribution in [2.75, 3.05) is 0 Å². The summed E-state index contributed by atoms with van der Waals surface area (Å²) in [5.41, 5.74) is 3.01. The molecule has 0 bridgehead atoms. The van der Waals surface area contributed by atoms with Crippen molar-refractivity contribution in [1.82, 2.24) is 9.47 Å². The minimum atomic E-state index is -0.211. The molecule has 0 aliphatic heterocycles. The maximum Gasteiger partial charge on any atom is 0.271 e. The molecule has 0 N–H and O–H groups in total. The van der Waals surface area contributed by atoms with Crippen LogP contribution in [0.3, 0.4) is 0 Å². The molecule has 0 saturated heterocycles. The zero-order valence-corrected chi connectivity index (χ0v) is 19.5. The van der Waals surface area contributed by atoms with E-state index in [1.807, 2.05) is 24.3 Å². The second-order valence-corrected chi connectivity index (χ2v) is 9.91. The predicted molar refractivity (Wildman–Crippen MR) is 132 cm³/mol. The second kappa shape index (κ2) is 10.1. The number of hydrogen-bond donors (Lipinski definition) is 0. The summed E-state index contributed by atoms with van der Waals surface area (Å²) in [7, 11) is 0. The van der Waals surface area contributed by atoms with Crippen LogP contribution in [-0.2, 0) is 13.0 Å². The van der Waals surface area contributed by atoms with Gasteiger partial charge in [0.15, 0.2) is 0 Å². The van der Waals surface area contributed by atoms with Gasteiger partial charge in [-0.15, -0.1) is 0 Å². The van der Waals surface area contributed by atoms with Crippen molar-refractivity contribution in [3.05, 3.63) is 71.7 Å². The van der Waals surface area contributed by atoms with E-state index in [0.717, 1.165) is 54.3 Å². The molecule has 0 unspecified atom stereocenters. The van der Waals surface area contributed by atoms with Gasteiger partial charge in [-0.2, -0.15) is 0 Å². The monoisotopic (exact) mass is 446 g/mol. The van der Waals surface area contributed by atoms with Crippen LogP contribution in [0.15, 0.2) is 54.6 Å². The Labute approximate surface area is 196 Å². The van der Waals surface area contributed by atoms with E-state index in [2.05, 4.69) is 27.7 Å². The number of para-hydroxylation sites is 1. The summed E-state index contributed by atoms with van der Waals surface area (Å²) in [6, 6.07) is 17.9. The lowest BCUT2D eigenvalue weighted by atomic mass is 9.88. The first-order chi connectivity index (χ1) is 16.2. The Hall–Kier alpha value is -2.62.